The lowest BCUT2D eigenvalue weighted by Gasteiger charge is -2.09. The standard InChI is InChI=1S/C16H15ClO3S/c1-11-8-14(6-7-15(11)20-10-16(18)19)21-13-4-2-12(9-17)3-5-13/h2-8H,9-10H2,1H3,(H,18,19). The first-order valence-electron chi connectivity index (χ1n) is 6.36. The van der Waals surface area contributed by atoms with Gasteiger partial charge in [0.2, 0.25) is 0 Å². The average Bonchev–Trinajstić information content (AvgIpc) is 2.47. The molecule has 2 rings (SSSR count). The first kappa shape index (κ1) is 15.7. The summed E-state index contributed by atoms with van der Waals surface area (Å²) in [6.07, 6.45) is 0. The van der Waals surface area contributed by atoms with Crippen molar-refractivity contribution in [3.8, 4) is 5.75 Å². The van der Waals surface area contributed by atoms with Crippen molar-refractivity contribution < 1.29 is 14.6 Å². The number of benzene rings is 2. The fraction of sp³-hybridized carbons (Fsp3) is 0.188. The van der Waals surface area contributed by atoms with Crippen molar-refractivity contribution in [3.63, 3.8) is 0 Å². The molecule has 0 saturated carbocycles. The van der Waals surface area contributed by atoms with Gasteiger partial charge in [-0.1, -0.05) is 23.9 Å². The summed E-state index contributed by atoms with van der Waals surface area (Å²) in [5, 5.41) is 8.62. The number of aryl methyl sites for hydroxylation is 1. The highest BCUT2D eigenvalue weighted by molar-refractivity contribution is 7.99. The number of halogens is 1. The minimum atomic E-state index is -0.979. The number of carboxylic acid groups (broad SMARTS) is 1. The second-order valence-electron chi connectivity index (χ2n) is 4.49. The molecule has 1 N–H and O–H groups in total. The van der Waals surface area contributed by atoms with Gasteiger partial charge in [0, 0.05) is 15.7 Å². The van der Waals surface area contributed by atoms with Gasteiger partial charge in [-0.2, -0.15) is 0 Å². The van der Waals surface area contributed by atoms with Gasteiger partial charge in [-0.3, -0.25) is 0 Å². The molecule has 0 aromatic heterocycles. The van der Waals surface area contributed by atoms with Gasteiger partial charge < -0.3 is 9.84 Å². The Kier molecular flexibility index (Phi) is 5.53. The molecule has 0 unspecified atom stereocenters. The zero-order valence-electron chi connectivity index (χ0n) is 11.5. The molecule has 2 aromatic carbocycles. The molecule has 21 heavy (non-hydrogen) atoms. The molecule has 0 atom stereocenters. The predicted octanol–water partition coefficient (Wildman–Crippen LogP) is 4.35. The Labute approximate surface area is 132 Å². The first-order chi connectivity index (χ1) is 10.1. The molecule has 0 radical (unpaired) electrons. The molecule has 0 aliphatic carbocycles. The molecule has 2 aromatic rings. The van der Waals surface area contributed by atoms with Gasteiger partial charge >= 0.3 is 5.97 Å². The highest BCUT2D eigenvalue weighted by atomic mass is 35.5. The number of carbonyl (C=O) groups is 1. The topological polar surface area (TPSA) is 46.5 Å². The van der Waals surface area contributed by atoms with Crippen molar-refractivity contribution in [2.75, 3.05) is 6.61 Å². The summed E-state index contributed by atoms with van der Waals surface area (Å²) >= 11 is 7.41. The fourth-order valence-electron chi connectivity index (χ4n) is 1.77. The third-order valence-electron chi connectivity index (χ3n) is 2.81. The van der Waals surface area contributed by atoms with E-state index in [0.29, 0.717) is 11.6 Å². The normalized spacial score (nSPS) is 10.4. The molecule has 0 aliphatic heterocycles. The highest BCUT2D eigenvalue weighted by Crippen LogP contribution is 2.31. The molecule has 110 valence electrons. The number of alkyl halides is 1. The average molecular weight is 323 g/mol. The summed E-state index contributed by atoms with van der Waals surface area (Å²) in [6.45, 7) is 1.57. The van der Waals surface area contributed by atoms with Crippen molar-refractivity contribution in [1.82, 2.24) is 0 Å². The van der Waals surface area contributed by atoms with E-state index in [1.54, 1.807) is 17.8 Å². The maximum Gasteiger partial charge on any atom is 0.341 e. The molecule has 3 nitrogen and oxygen atoms in total. The van der Waals surface area contributed by atoms with Crippen molar-refractivity contribution in [2.45, 2.75) is 22.6 Å². The molecule has 0 bridgehead atoms. The van der Waals surface area contributed by atoms with Crippen molar-refractivity contribution in [3.05, 3.63) is 53.6 Å². The van der Waals surface area contributed by atoms with E-state index in [1.165, 1.54) is 0 Å². The summed E-state index contributed by atoms with van der Waals surface area (Å²) < 4.78 is 5.21. The Hall–Kier alpha value is -1.65. The first-order valence-corrected chi connectivity index (χ1v) is 7.71. The van der Waals surface area contributed by atoms with Crippen molar-refractivity contribution in [2.24, 2.45) is 0 Å². The summed E-state index contributed by atoms with van der Waals surface area (Å²) in [7, 11) is 0. The monoisotopic (exact) mass is 322 g/mol. The number of ether oxygens (including phenoxy) is 1. The molecule has 0 fully saturated rings. The zero-order chi connectivity index (χ0) is 15.2. The summed E-state index contributed by atoms with van der Waals surface area (Å²) in [6, 6.07) is 13.8. The Morgan fingerprint density at radius 1 is 1.19 bits per heavy atom. The second kappa shape index (κ2) is 7.38. The third kappa shape index (κ3) is 4.69. The molecule has 0 heterocycles. The largest absolute Gasteiger partial charge is 0.482 e. The Morgan fingerprint density at radius 2 is 1.86 bits per heavy atom. The Balaban J connectivity index is 2.06. The van der Waals surface area contributed by atoms with Gasteiger partial charge in [-0.25, -0.2) is 4.79 Å². The van der Waals surface area contributed by atoms with E-state index in [9.17, 15) is 4.79 Å². The SMILES string of the molecule is Cc1cc(Sc2ccc(CCl)cc2)ccc1OCC(=O)O. The van der Waals surface area contributed by atoms with E-state index in [-0.39, 0.29) is 6.61 Å². The Bertz CT molecular complexity index is 626. The number of rotatable bonds is 6. The van der Waals surface area contributed by atoms with Crippen LogP contribution in [0.25, 0.3) is 0 Å². The van der Waals surface area contributed by atoms with Crippen LogP contribution in [0.1, 0.15) is 11.1 Å². The number of hydrogen-bond donors (Lipinski definition) is 1. The van der Waals surface area contributed by atoms with Gasteiger partial charge in [0.15, 0.2) is 6.61 Å². The van der Waals surface area contributed by atoms with E-state index < -0.39 is 5.97 Å². The lowest BCUT2D eigenvalue weighted by molar-refractivity contribution is -0.139. The van der Waals surface area contributed by atoms with Crippen LogP contribution in [0, 0.1) is 6.92 Å². The molecule has 0 saturated heterocycles. The molecular formula is C16H15ClO3S. The van der Waals surface area contributed by atoms with Crippen LogP contribution in [0.4, 0.5) is 0 Å². The predicted molar refractivity (Wildman–Crippen MR) is 84.4 cm³/mol. The van der Waals surface area contributed by atoms with E-state index in [4.69, 9.17) is 21.4 Å². The van der Waals surface area contributed by atoms with Crippen molar-refractivity contribution >= 4 is 29.3 Å². The smallest absolute Gasteiger partial charge is 0.341 e. The van der Waals surface area contributed by atoms with Crippen LogP contribution in [0.3, 0.4) is 0 Å². The highest BCUT2D eigenvalue weighted by Gasteiger charge is 2.05. The van der Waals surface area contributed by atoms with Gasteiger partial charge in [-0.05, 0) is 48.4 Å². The summed E-state index contributed by atoms with van der Waals surface area (Å²) in [5.41, 5.74) is 2.01. The van der Waals surface area contributed by atoms with Crippen LogP contribution in [-0.2, 0) is 10.7 Å². The number of carboxylic acids is 1. The van der Waals surface area contributed by atoms with Gasteiger partial charge in [-0.15, -0.1) is 11.6 Å². The van der Waals surface area contributed by atoms with E-state index in [1.807, 2.05) is 43.3 Å². The maximum absolute atomic E-state index is 10.5. The Morgan fingerprint density at radius 3 is 2.43 bits per heavy atom. The van der Waals surface area contributed by atoms with E-state index >= 15 is 0 Å². The zero-order valence-corrected chi connectivity index (χ0v) is 13.1. The molecule has 0 aliphatic rings. The van der Waals surface area contributed by atoms with E-state index in [2.05, 4.69) is 0 Å². The van der Waals surface area contributed by atoms with Gasteiger partial charge in [0.05, 0.1) is 0 Å². The minimum absolute atomic E-state index is 0.326. The summed E-state index contributed by atoms with van der Waals surface area (Å²) in [5.74, 6) is 0.131. The lowest BCUT2D eigenvalue weighted by Crippen LogP contribution is -2.09. The molecular weight excluding hydrogens is 308 g/mol. The number of aliphatic carboxylic acids is 1. The lowest BCUT2D eigenvalue weighted by atomic mass is 10.2. The quantitative estimate of drug-likeness (QED) is 0.803. The van der Waals surface area contributed by atoms with E-state index in [0.717, 1.165) is 20.9 Å². The molecule has 5 heteroatoms. The van der Waals surface area contributed by atoms with Crippen LogP contribution in [0.2, 0.25) is 0 Å². The van der Waals surface area contributed by atoms with Gasteiger partial charge in [0.25, 0.3) is 0 Å². The maximum atomic E-state index is 10.5. The van der Waals surface area contributed by atoms with Crippen LogP contribution in [0.15, 0.2) is 52.3 Å². The molecule has 0 spiro atoms. The second-order valence-corrected chi connectivity index (χ2v) is 5.90. The van der Waals surface area contributed by atoms with Crippen LogP contribution in [-0.4, -0.2) is 17.7 Å². The van der Waals surface area contributed by atoms with Crippen LogP contribution < -0.4 is 4.74 Å². The van der Waals surface area contributed by atoms with Crippen molar-refractivity contribution in [1.29, 1.82) is 0 Å². The summed E-state index contributed by atoms with van der Waals surface area (Å²) in [4.78, 5) is 12.7. The van der Waals surface area contributed by atoms with Crippen LogP contribution in [0.5, 0.6) is 5.75 Å². The number of hydrogen-bond acceptors (Lipinski definition) is 3. The fourth-order valence-corrected chi connectivity index (χ4v) is 2.86. The van der Waals surface area contributed by atoms with Crippen LogP contribution >= 0.6 is 23.4 Å². The minimum Gasteiger partial charge on any atom is -0.482 e. The van der Waals surface area contributed by atoms with Gasteiger partial charge in [0.1, 0.15) is 5.75 Å². The third-order valence-corrected chi connectivity index (χ3v) is 4.12. The molecule has 0 amide bonds.